The van der Waals surface area contributed by atoms with Crippen LogP contribution >= 0.6 is 0 Å². The summed E-state index contributed by atoms with van der Waals surface area (Å²) >= 11 is 0. The van der Waals surface area contributed by atoms with E-state index in [0.717, 1.165) is 33.3 Å². The SMILES string of the molecule is Cc1ccc(-n2nc(C(C)(C)C)cc2NC(=O)Nc2ccc(OCc3ccnc(N(CO)c4cnccn4)c3)c3ccccc23)cc1. The quantitative estimate of drug-likeness (QED) is 0.144. The van der Waals surface area contributed by atoms with Gasteiger partial charge in [0.25, 0.3) is 0 Å². The number of urea groups is 1. The van der Waals surface area contributed by atoms with Gasteiger partial charge >= 0.3 is 6.03 Å². The van der Waals surface area contributed by atoms with Gasteiger partial charge in [-0.2, -0.15) is 5.10 Å². The lowest BCUT2D eigenvalue weighted by molar-refractivity contribution is 0.262. The number of nitrogens with one attached hydrogen (secondary N) is 2. The third-order valence-corrected chi connectivity index (χ3v) is 7.58. The molecule has 3 heterocycles. The molecule has 11 heteroatoms. The van der Waals surface area contributed by atoms with E-state index in [1.165, 1.54) is 0 Å². The standard InChI is InChI=1S/C36H36N8O3/c1-24-9-11-26(12-10-24)44-33(20-31(42-44)36(2,3)4)41-35(46)40-29-13-14-30(28-8-6-5-7-27(28)29)47-22-25-15-16-38-32(19-25)43(23-45)34-21-37-17-18-39-34/h5-21,45H,22-23H2,1-4H3,(H2,40,41,46). The summed E-state index contributed by atoms with van der Waals surface area (Å²) in [6, 6.07) is 24.6. The van der Waals surface area contributed by atoms with Crippen molar-refractivity contribution >= 4 is 39.9 Å². The number of anilines is 4. The van der Waals surface area contributed by atoms with Gasteiger partial charge in [-0.15, -0.1) is 0 Å². The summed E-state index contributed by atoms with van der Waals surface area (Å²) in [4.78, 5) is 27.7. The number of carbonyl (C=O) groups is 1. The van der Waals surface area contributed by atoms with Crippen LogP contribution in [0, 0.1) is 6.92 Å². The molecule has 6 aromatic rings. The van der Waals surface area contributed by atoms with Crippen molar-refractivity contribution in [1.82, 2.24) is 24.7 Å². The Morgan fingerprint density at radius 1 is 0.894 bits per heavy atom. The fourth-order valence-electron chi connectivity index (χ4n) is 5.05. The molecule has 0 aliphatic rings. The number of carbonyl (C=O) groups excluding carboxylic acids is 1. The zero-order valence-electron chi connectivity index (χ0n) is 26.7. The molecule has 0 aliphatic carbocycles. The van der Waals surface area contributed by atoms with E-state index < -0.39 is 6.03 Å². The summed E-state index contributed by atoms with van der Waals surface area (Å²) in [5, 5.41) is 22.5. The number of amides is 2. The minimum Gasteiger partial charge on any atom is -0.488 e. The molecule has 3 aromatic heterocycles. The van der Waals surface area contributed by atoms with Gasteiger partial charge < -0.3 is 15.2 Å². The summed E-state index contributed by atoms with van der Waals surface area (Å²) in [5.41, 5.74) is 4.13. The first-order valence-corrected chi connectivity index (χ1v) is 15.2. The monoisotopic (exact) mass is 628 g/mol. The van der Waals surface area contributed by atoms with E-state index in [0.29, 0.717) is 28.9 Å². The molecule has 0 bridgehead atoms. The van der Waals surface area contributed by atoms with Crippen molar-refractivity contribution in [2.75, 3.05) is 22.3 Å². The van der Waals surface area contributed by atoms with E-state index in [1.807, 2.05) is 85.8 Å². The van der Waals surface area contributed by atoms with Gasteiger partial charge in [0.2, 0.25) is 0 Å². The highest BCUT2D eigenvalue weighted by atomic mass is 16.5. The van der Waals surface area contributed by atoms with E-state index >= 15 is 0 Å². The zero-order valence-corrected chi connectivity index (χ0v) is 26.7. The van der Waals surface area contributed by atoms with E-state index in [9.17, 15) is 9.90 Å². The fourth-order valence-corrected chi connectivity index (χ4v) is 5.05. The molecule has 0 fully saturated rings. The Kier molecular flexibility index (Phi) is 8.81. The van der Waals surface area contributed by atoms with Crippen molar-refractivity contribution in [2.45, 2.75) is 39.7 Å². The van der Waals surface area contributed by atoms with Gasteiger partial charge in [0, 0.05) is 40.8 Å². The van der Waals surface area contributed by atoms with Gasteiger partial charge in [0.05, 0.1) is 23.3 Å². The number of rotatable bonds is 9. The van der Waals surface area contributed by atoms with Crippen LogP contribution in [0.3, 0.4) is 0 Å². The largest absolute Gasteiger partial charge is 0.488 e. The molecule has 0 atom stereocenters. The summed E-state index contributed by atoms with van der Waals surface area (Å²) in [6.45, 7) is 8.24. The van der Waals surface area contributed by atoms with Crippen molar-refractivity contribution in [2.24, 2.45) is 0 Å². The van der Waals surface area contributed by atoms with Crippen molar-refractivity contribution in [1.29, 1.82) is 0 Å². The van der Waals surface area contributed by atoms with E-state index in [-0.39, 0.29) is 18.8 Å². The second-order valence-corrected chi connectivity index (χ2v) is 12.1. The predicted octanol–water partition coefficient (Wildman–Crippen LogP) is 7.13. The lowest BCUT2D eigenvalue weighted by Gasteiger charge is -2.20. The maximum Gasteiger partial charge on any atom is 0.324 e. The third-order valence-electron chi connectivity index (χ3n) is 7.58. The van der Waals surface area contributed by atoms with E-state index in [1.54, 1.807) is 34.4 Å². The molecule has 0 saturated carbocycles. The molecule has 2 amide bonds. The topological polar surface area (TPSA) is 130 Å². The second kappa shape index (κ2) is 13.3. The van der Waals surface area contributed by atoms with Crippen molar-refractivity contribution in [3.05, 3.63) is 120 Å². The molecule has 3 N–H and O–H groups in total. The number of hydrogen-bond donors (Lipinski definition) is 3. The van der Waals surface area contributed by atoms with Crippen LogP contribution in [-0.2, 0) is 12.0 Å². The van der Waals surface area contributed by atoms with Crippen LogP contribution in [0.4, 0.5) is 27.9 Å². The third kappa shape index (κ3) is 7.05. The van der Waals surface area contributed by atoms with Crippen LogP contribution in [0.2, 0.25) is 0 Å². The normalized spacial score (nSPS) is 11.3. The lowest BCUT2D eigenvalue weighted by Crippen LogP contribution is -2.21. The predicted molar refractivity (Wildman–Crippen MR) is 183 cm³/mol. The average Bonchev–Trinajstić information content (AvgIpc) is 3.50. The Bertz CT molecular complexity index is 2000. The number of aromatic nitrogens is 5. The minimum atomic E-state index is -0.390. The van der Waals surface area contributed by atoms with Gasteiger partial charge in [0.15, 0.2) is 5.82 Å². The van der Waals surface area contributed by atoms with Crippen LogP contribution in [0.15, 0.2) is 104 Å². The molecule has 0 unspecified atom stereocenters. The van der Waals surface area contributed by atoms with Crippen LogP contribution < -0.4 is 20.3 Å². The number of benzene rings is 3. The molecule has 0 spiro atoms. The van der Waals surface area contributed by atoms with Crippen molar-refractivity contribution in [3.63, 3.8) is 0 Å². The fraction of sp³-hybridized carbons (Fsp3) is 0.194. The van der Waals surface area contributed by atoms with Crippen molar-refractivity contribution in [3.8, 4) is 11.4 Å². The number of ether oxygens (including phenoxy) is 1. The Labute approximate surface area is 272 Å². The van der Waals surface area contributed by atoms with Crippen LogP contribution in [-0.4, -0.2) is 42.6 Å². The Balaban J connectivity index is 1.20. The highest BCUT2D eigenvalue weighted by Gasteiger charge is 2.22. The molecule has 0 aliphatic heterocycles. The Morgan fingerprint density at radius 2 is 1.66 bits per heavy atom. The number of hydrogen-bond acceptors (Lipinski definition) is 8. The number of aliphatic hydroxyl groups is 1. The van der Waals surface area contributed by atoms with Crippen LogP contribution in [0.1, 0.15) is 37.6 Å². The Morgan fingerprint density at radius 3 is 2.38 bits per heavy atom. The number of aliphatic hydroxyl groups excluding tert-OH is 1. The molecular weight excluding hydrogens is 592 g/mol. The summed E-state index contributed by atoms with van der Waals surface area (Å²) in [5.74, 6) is 2.22. The summed E-state index contributed by atoms with van der Waals surface area (Å²) in [7, 11) is 0. The van der Waals surface area contributed by atoms with Gasteiger partial charge in [0.1, 0.15) is 30.7 Å². The first-order valence-electron chi connectivity index (χ1n) is 15.2. The number of aryl methyl sites for hydroxylation is 1. The Hall–Kier alpha value is -5.81. The summed E-state index contributed by atoms with van der Waals surface area (Å²) < 4.78 is 8.02. The lowest BCUT2D eigenvalue weighted by atomic mass is 9.92. The molecular formula is C36H36N8O3. The molecule has 47 heavy (non-hydrogen) atoms. The molecule has 3 aromatic carbocycles. The molecule has 0 radical (unpaired) electrons. The maximum atomic E-state index is 13.4. The molecule has 238 valence electrons. The number of pyridine rings is 1. The number of fused-ring (bicyclic) bond motifs is 1. The number of nitrogens with zero attached hydrogens (tertiary/aromatic N) is 6. The smallest absolute Gasteiger partial charge is 0.324 e. The molecule has 0 saturated heterocycles. The van der Waals surface area contributed by atoms with Gasteiger partial charge in [-0.25, -0.2) is 19.4 Å². The highest BCUT2D eigenvalue weighted by molar-refractivity contribution is 6.07. The van der Waals surface area contributed by atoms with Crippen molar-refractivity contribution < 1.29 is 14.6 Å². The maximum absolute atomic E-state index is 13.4. The summed E-state index contributed by atoms with van der Waals surface area (Å²) in [6.07, 6.45) is 6.34. The second-order valence-electron chi connectivity index (χ2n) is 12.1. The zero-order chi connectivity index (χ0) is 33.0. The van der Waals surface area contributed by atoms with Gasteiger partial charge in [-0.1, -0.05) is 62.7 Å². The van der Waals surface area contributed by atoms with Crippen LogP contribution in [0.5, 0.6) is 5.75 Å². The first-order chi connectivity index (χ1) is 22.7. The molecule has 11 nitrogen and oxygen atoms in total. The molecule has 6 rings (SSSR count). The highest BCUT2D eigenvalue weighted by Crippen LogP contribution is 2.33. The average molecular weight is 629 g/mol. The van der Waals surface area contributed by atoms with Crippen LogP contribution in [0.25, 0.3) is 16.5 Å². The van der Waals surface area contributed by atoms with E-state index in [2.05, 4.69) is 46.4 Å². The van der Waals surface area contributed by atoms with Gasteiger partial charge in [-0.3, -0.25) is 15.2 Å². The minimum absolute atomic E-state index is 0.207. The first kappa shape index (κ1) is 31.2. The van der Waals surface area contributed by atoms with Gasteiger partial charge in [-0.05, 0) is 48.9 Å². The van der Waals surface area contributed by atoms with E-state index in [4.69, 9.17) is 9.84 Å².